The van der Waals surface area contributed by atoms with E-state index in [-0.39, 0.29) is 0 Å². The van der Waals surface area contributed by atoms with Gasteiger partial charge < -0.3 is 10.0 Å². The Kier molecular flexibility index (Phi) is 3.94. The summed E-state index contributed by atoms with van der Waals surface area (Å²) in [5.41, 5.74) is 2.13. The lowest BCUT2D eigenvalue weighted by Gasteiger charge is -2.21. The molecule has 0 spiro atoms. The maximum absolute atomic E-state index is 9.62. The van der Waals surface area contributed by atoms with Gasteiger partial charge in [0.1, 0.15) is 0 Å². The molecule has 1 aromatic carbocycles. The van der Waals surface area contributed by atoms with E-state index in [9.17, 15) is 5.11 Å². The van der Waals surface area contributed by atoms with E-state index in [1.54, 1.807) is 25.1 Å². The van der Waals surface area contributed by atoms with Crippen LogP contribution in [0.15, 0.2) is 18.2 Å². The Morgan fingerprint density at radius 1 is 1.56 bits per heavy atom. The smallest absolute Gasteiger partial charge is 0.0992 e. The second kappa shape index (κ2) is 5.21. The molecule has 0 aromatic heterocycles. The third-order valence-electron chi connectivity index (χ3n) is 2.35. The van der Waals surface area contributed by atoms with Crippen molar-refractivity contribution in [1.82, 2.24) is 0 Å². The van der Waals surface area contributed by atoms with Crippen molar-refractivity contribution in [2.75, 3.05) is 18.5 Å². The van der Waals surface area contributed by atoms with E-state index in [4.69, 9.17) is 11.7 Å². The van der Waals surface area contributed by atoms with E-state index in [1.165, 1.54) is 0 Å². The van der Waals surface area contributed by atoms with Gasteiger partial charge in [-0.1, -0.05) is 12.0 Å². The van der Waals surface area contributed by atoms with E-state index in [0.717, 1.165) is 11.3 Å². The van der Waals surface area contributed by atoms with Crippen molar-refractivity contribution in [3.05, 3.63) is 29.3 Å². The molecule has 0 aliphatic heterocycles. The number of aliphatic hydroxyl groups excluding tert-OH is 1. The molecule has 0 radical (unpaired) electrons. The number of benzene rings is 1. The van der Waals surface area contributed by atoms with E-state index in [2.05, 4.69) is 12.0 Å². The zero-order chi connectivity index (χ0) is 12.1. The fraction of sp³-hybridized carbons (Fsp3) is 0.308. The standard InChI is InChI=1S/C13H14N2O/c1-4-7-15(3)13-8-11(9-14)5-6-12(13)10(2)16/h1,5-6,8,10,16H,7H2,2-3H3/t10-/m1/s1. The molecule has 3 nitrogen and oxygen atoms in total. The normalized spacial score (nSPS) is 11.3. The number of nitriles is 1. The first-order valence-corrected chi connectivity index (χ1v) is 4.97. The molecule has 82 valence electrons. The first-order chi connectivity index (χ1) is 7.60. The lowest BCUT2D eigenvalue weighted by atomic mass is 10.0. The Labute approximate surface area is 95.9 Å². The SMILES string of the molecule is C#CCN(C)c1cc(C#N)ccc1[C@@H](C)O. The van der Waals surface area contributed by atoms with Gasteiger partial charge in [-0.2, -0.15) is 5.26 Å². The third-order valence-corrected chi connectivity index (χ3v) is 2.35. The van der Waals surface area contributed by atoms with Crippen LogP contribution < -0.4 is 4.90 Å². The van der Waals surface area contributed by atoms with Crippen LogP contribution in [0.1, 0.15) is 24.2 Å². The largest absolute Gasteiger partial charge is 0.389 e. The molecule has 0 bridgehead atoms. The number of anilines is 1. The highest BCUT2D eigenvalue weighted by atomic mass is 16.3. The van der Waals surface area contributed by atoms with Gasteiger partial charge in [0.05, 0.1) is 24.3 Å². The first-order valence-electron chi connectivity index (χ1n) is 4.97. The predicted octanol–water partition coefficient (Wildman–Crippen LogP) is 1.68. The lowest BCUT2D eigenvalue weighted by Crippen LogP contribution is -2.19. The minimum Gasteiger partial charge on any atom is -0.389 e. The number of hydrogen-bond donors (Lipinski definition) is 1. The molecule has 3 heteroatoms. The second-order valence-corrected chi connectivity index (χ2v) is 3.62. The maximum Gasteiger partial charge on any atom is 0.0992 e. The van der Waals surface area contributed by atoms with Crippen LogP contribution in [0.2, 0.25) is 0 Å². The Balaban J connectivity index is 3.22. The fourth-order valence-corrected chi connectivity index (χ4v) is 1.52. The van der Waals surface area contributed by atoms with Crippen molar-refractivity contribution in [1.29, 1.82) is 5.26 Å². The Bertz CT molecular complexity index is 452. The summed E-state index contributed by atoms with van der Waals surface area (Å²) in [6.45, 7) is 2.13. The van der Waals surface area contributed by atoms with Crippen LogP contribution in [0.4, 0.5) is 5.69 Å². The molecule has 0 aliphatic carbocycles. The first kappa shape index (κ1) is 12.1. The highest BCUT2D eigenvalue weighted by molar-refractivity contribution is 5.58. The highest BCUT2D eigenvalue weighted by Crippen LogP contribution is 2.26. The molecule has 0 saturated heterocycles. The van der Waals surface area contributed by atoms with Crippen LogP contribution in [0.3, 0.4) is 0 Å². The number of hydrogen-bond acceptors (Lipinski definition) is 3. The van der Waals surface area contributed by atoms with Gasteiger partial charge in [-0.25, -0.2) is 0 Å². The topological polar surface area (TPSA) is 47.3 Å². The Morgan fingerprint density at radius 3 is 2.75 bits per heavy atom. The van der Waals surface area contributed by atoms with Gasteiger partial charge in [-0.05, 0) is 19.1 Å². The summed E-state index contributed by atoms with van der Waals surface area (Å²) >= 11 is 0. The summed E-state index contributed by atoms with van der Waals surface area (Å²) in [7, 11) is 1.84. The van der Waals surface area contributed by atoms with Gasteiger partial charge in [-0.3, -0.25) is 0 Å². The van der Waals surface area contributed by atoms with Crippen LogP contribution in [-0.2, 0) is 0 Å². The number of rotatable bonds is 3. The van der Waals surface area contributed by atoms with Crippen LogP contribution in [0.5, 0.6) is 0 Å². The average molecular weight is 214 g/mol. The highest BCUT2D eigenvalue weighted by Gasteiger charge is 2.11. The monoisotopic (exact) mass is 214 g/mol. The van der Waals surface area contributed by atoms with Crippen molar-refractivity contribution in [3.8, 4) is 18.4 Å². The summed E-state index contributed by atoms with van der Waals surface area (Å²) in [6.07, 6.45) is 4.66. The molecule has 1 atom stereocenters. The number of terminal acetylenes is 1. The number of aliphatic hydroxyl groups is 1. The van der Waals surface area contributed by atoms with E-state index >= 15 is 0 Å². The molecule has 0 unspecified atom stereocenters. The minimum atomic E-state index is -0.581. The lowest BCUT2D eigenvalue weighted by molar-refractivity contribution is 0.199. The van der Waals surface area contributed by atoms with E-state index in [1.807, 2.05) is 11.9 Å². The summed E-state index contributed by atoms with van der Waals surface area (Å²) in [5.74, 6) is 2.53. The van der Waals surface area contributed by atoms with Gasteiger partial charge in [0.2, 0.25) is 0 Å². The summed E-state index contributed by atoms with van der Waals surface area (Å²) < 4.78 is 0. The van der Waals surface area contributed by atoms with Crippen LogP contribution in [-0.4, -0.2) is 18.7 Å². The van der Waals surface area contributed by atoms with Gasteiger partial charge in [0, 0.05) is 18.3 Å². The van der Waals surface area contributed by atoms with Crippen molar-refractivity contribution in [2.24, 2.45) is 0 Å². The molecular weight excluding hydrogens is 200 g/mol. The minimum absolute atomic E-state index is 0.439. The quantitative estimate of drug-likeness (QED) is 0.779. The molecule has 0 heterocycles. The van der Waals surface area contributed by atoms with Gasteiger partial charge in [0.15, 0.2) is 0 Å². The van der Waals surface area contributed by atoms with E-state index < -0.39 is 6.10 Å². The van der Waals surface area contributed by atoms with Gasteiger partial charge in [0.25, 0.3) is 0 Å². The average Bonchev–Trinajstić information content (AvgIpc) is 2.28. The van der Waals surface area contributed by atoms with Crippen LogP contribution in [0.25, 0.3) is 0 Å². The molecule has 0 amide bonds. The summed E-state index contributed by atoms with van der Waals surface area (Å²) in [4.78, 5) is 1.84. The van der Waals surface area contributed by atoms with Crippen molar-refractivity contribution >= 4 is 5.69 Å². The second-order valence-electron chi connectivity index (χ2n) is 3.62. The molecule has 0 saturated carbocycles. The third kappa shape index (κ3) is 2.53. The van der Waals surface area contributed by atoms with E-state index in [0.29, 0.717) is 12.1 Å². The molecule has 0 fully saturated rings. The van der Waals surface area contributed by atoms with Crippen molar-refractivity contribution in [3.63, 3.8) is 0 Å². The molecule has 1 N–H and O–H groups in total. The molecule has 1 rings (SSSR count). The van der Waals surface area contributed by atoms with Gasteiger partial charge >= 0.3 is 0 Å². The Morgan fingerprint density at radius 2 is 2.25 bits per heavy atom. The predicted molar refractivity (Wildman–Crippen MR) is 63.9 cm³/mol. The molecule has 16 heavy (non-hydrogen) atoms. The molecule has 1 aromatic rings. The summed E-state index contributed by atoms with van der Waals surface area (Å²) in [6, 6.07) is 7.25. The zero-order valence-corrected chi connectivity index (χ0v) is 9.44. The van der Waals surface area contributed by atoms with Crippen LogP contribution >= 0.6 is 0 Å². The van der Waals surface area contributed by atoms with Crippen molar-refractivity contribution < 1.29 is 5.11 Å². The molecular formula is C13H14N2O. The van der Waals surface area contributed by atoms with Crippen LogP contribution in [0, 0.1) is 23.7 Å². The Hall–Kier alpha value is -1.97. The fourth-order valence-electron chi connectivity index (χ4n) is 1.52. The zero-order valence-electron chi connectivity index (χ0n) is 9.44. The maximum atomic E-state index is 9.62. The van der Waals surface area contributed by atoms with Crippen molar-refractivity contribution in [2.45, 2.75) is 13.0 Å². The number of nitrogens with zero attached hydrogens (tertiary/aromatic N) is 2. The summed E-state index contributed by atoms with van der Waals surface area (Å²) in [5, 5.41) is 18.5. The molecule has 0 aliphatic rings. The van der Waals surface area contributed by atoms with Gasteiger partial charge in [-0.15, -0.1) is 6.42 Å².